The number of piperidine rings is 1. The van der Waals surface area contributed by atoms with Crippen LogP contribution < -0.4 is 0 Å². The van der Waals surface area contributed by atoms with Gasteiger partial charge < -0.3 is 9.32 Å². The lowest BCUT2D eigenvalue weighted by atomic mass is 9.90. The van der Waals surface area contributed by atoms with E-state index in [0.29, 0.717) is 28.2 Å². The fourth-order valence-electron chi connectivity index (χ4n) is 4.04. The number of benzene rings is 2. The summed E-state index contributed by atoms with van der Waals surface area (Å²) in [6, 6.07) is 21.3. The normalized spacial score (nSPS) is 15.7. The second kappa shape index (κ2) is 10.3. The highest BCUT2D eigenvalue weighted by Gasteiger charge is 2.25. The molecule has 2 heterocycles. The molecule has 0 saturated carbocycles. The van der Waals surface area contributed by atoms with E-state index in [4.69, 9.17) is 16.0 Å². The van der Waals surface area contributed by atoms with Gasteiger partial charge in [0, 0.05) is 34.7 Å². The topological polar surface area (TPSA) is 50.5 Å². The van der Waals surface area contributed by atoms with Crippen molar-refractivity contribution in [2.45, 2.75) is 30.8 Å². The highest BCUT2D eigenvalue weighted by molar-refractivity contribution is 7.83. The second-order valence-electron chi connectivity index (χ2n) is 8.05. The molecule has 1 aromatic heterocycles. The van der Waals surface area contributed by atoms with Gasteiger partial charge in [-0.1, -0.05) is 54.1 Å². The van der Waals surface area contributed by atoms with Crippen molar-refractivity contribution in [2.24, 2.45) is 5.92 Å². The maximum absolute atomic E-state index is 12.8. The maximum Gasteiger partial charge on any atom is 0.289 e. The van der Waals surface area contributed by atoms with Crippen LogP contribution in [0.1, 0.15) is 40.3 Å². The van der Waals surface area contributed by atoms with Gasteiger partial charge in [0.2, 0.25) is 0 Å². The van der Waals surface area contributed by atoms with Gasteiger partial charge in [0.05, 0.1) is 5.75 Å². The summed E-state index contributed by atoms with van der Waals surface area (Å²) < 4.78 is 18.2. The van der Waals surface area contributed by atoms with Crippen LogP contribution in [-0.4, -0.2) is 28.1 Å². The Morgan fingerprint density at radius 3 is 2.45 bits per heavy atom. The molecule has 0 radical (unpaired) electrons. The highest BCUT2D eigenvalue weighted by atomic mass is 35.5. The quantitative estimate of drug-likeness (QED) is 0.474. The van der Waals surface area contributed by atoms with Gasteiger partial charge in [-0.2, -0.15) is 0 Å². The molecule has 31 heavy (non-hydrogen) atoms. The van der Waals surface area contributed by atoms with E-state index in [1.165, 1.54) is 5.56 Å². The molecule has 2 aromatic carbocycles. The molecule has 1 aliphatic heterocycles. The van der Waals surface area contributed by atoms with Crippen LogP contribution in [-0.2, 0) is 28.7 Å². The number of halogens is 1. The van der Waals surface area contributed by atoms with Crippen LogP contribution in [0.2, 0.25) is 5.02 Å². The van der Waals surface area contributed by atoms with Gasteiger partial charge in [-0.3, -0.25) is 9.00 Å². The number of amides is 1. The van der Waals surface area contributed by atoms with Crippen molar-refractivity contribution < 1.29 is 13.4 Å². The molecule has 1 saturated heterocycles. The second-order valence-corrected chi connectivity index (χ2v) is 9.94. The maximum atomic E-state index is 12.8. The molecule has 0 spiro atoms. The Hall–Kier alpha value is -2.37. The summed E-state index contributed by atoms with van der Waals surface area (Å²) in [5.74, 6) is 2.11. The van der Waals surface area contributed by atoms with Crippen LogP contribution in [0.4, 0.5) is 0 Å². The molecular weight excluding hydrogens is 430 g/mol. The molecule has 1 aliphatic rings. The van der Waals surface area contributed by atoms with E-state index in [1.807, 2.05) is 29.2 Å². The van der Waals surface area contributed by atoms with Gasteiger partial charge in [-0.05, 0) is 60.6 Å². The van der Waals surface area contributed by atoms with E-state index in [2.05, 4.69) is 24.3 Å². The smallest absolute Gasteiger partial charge is 0.289 e. The zero-order valence-electron chi connectivity index (χ0n) is 17.3. The van der Waals surface area contributed by atoms with E-state index in [-0.39, 0.29) is 11.7 Å². The molecule has 0 N–H and O–H groups in total. The van der Waals surface area contributed by atoms with Crippen LogP contribution in [0.5, 0.6) is 0 Å². The summed E-state index contributed by atoms with van der Waals surface area (Å²) in [4.78, 5) is 14.7. The fourth-order valence-corrected chi connectivity index (χ4v) is 5.37. The Morgan fingerprint density at radius 1 is 0.968 bits per heavy atom. The van der Waals surface area contributed by atoms with Gasteiger partial charge in [0.1, 0.15) is 5.76 Å². The van der Waals surface area contributed by atoms with E-state index < -0.39 is 10.8 Å². The van der Waals surface area contributed by atoms with E-state index in [1.54, 1.807) is 18.2 Å². The zero-order chi connectivity index (χ0) is 21.6. The Morgan fingerprint density at radius 2 is 1.71 bits per heavy atom. The number of likely N-dealkylation sites (tertiary alicyclic amines) is 1. The molecule has 0 aliphatic carbocycles. The molecule has 6 heteroatoms. The third-order valence-corrected chi connectivity index (χ3v) is 7.16. The SMILES string of the molecule is O=C(c1ccc(C[S@](=O)Cc2cccc(Cl)c2)o1)N1CCC(Cc2ccccc2)CC1. The fraction of sp³-hybridized carbons (Fsp3) is 0.320. The van der Waals surface area contributed by atoms with Crippen molar-refractivity contribution in [3.8, 4) is 0 Å². The first kappa shape index (κ1) is 21.8. The average molecular weight is 456 g/mol. The number of carbonyl (C=O) groups is 1. The summed E-state index contributed by atoms with van der Waals surface area (Å²) in [6.45, 7) is 1.49. The molecule has 4 nitrogen and oxygen atoms in total. The van der Waals surface area contributed by atoms with Gasteiger partial charge in [0.15, 0.2) is 5.76 Å². The number of nitrogens with zero attached hydrogens (tertiary/aromatic N) is 1. The Kier molecular flexibility index (Phi) is 7.25. The minimum absolute atomic E-state index is 0.0787. The minimum atomic E-state index is -1.14. The van der Waals surface area contributed by atoms with Crippen molar-refractivity contribution in [1.29, 1.82) is 0 Å². The Labute approximate surface area is 190 Å². The average Bonchev–Trinajstić information content (AvgIpc) is 3.23. The lowest BCUT2D eigenvalue weighted by Crippen LogP contribution is -2.38. The molecule has 3 aromatic rings. The van der Waals surface area contributed by atoms with E-state index >= 15 is 0 Å². The Balaban J connectivity index is 1.28. The number of carbonyl (C=O) groups excluding carboxylic acids is 1. The van der Waals surface area contributed by atoms with Crippen molar-refractivity contribution in [3.63, 3.8) is 0 Å². The van der Waals surface area contributed by atoms with Gasteiger partial charge >= 0.3 is 0 Å². The number of hydrogen-bond donors (Lipinski definition) is 0. The van der Waals surface area contributed by atoms with Crippen molar-refractivity contribution >= 4 is 28.3 Å². The molecule has 4 rings (SSSR count). The number of furan rings is 1. The van der Waals surface area contributed by atoms with Crippen molar-refractivity contribution in [3.05, 3.63) is 94.4 Å². The summed E-state index contributed by atoms with van der Waals surface area (Å²) in [7, 11) is -1.14. The van der Waals surface area contributed by atoms with E-state index in [0.717, 1.165) is 37.9 Å². The van der Waals surface area contributed by atoms with Crippen LogP contribution in [0.3, 0.4) is 0 Å². The molecule has 0 bridgehead atoms. The third-order valence-electron chi connectivity index (χ3n) is 5.66. The van der Waals surface area contributed by atoms with Gasteiger partial charge in [-0.15, -0.1) is 0 Å². The molecule has 162 valence electrons. The van der Waals surface area contributed by atoms with Crippen molar-refractivity contribution in [2.75, 3.05) is 13.1 Å². The van der Waals surface area contributed by atoms with E-state index in [9.17, 15) is 9.00 Å². The number of rotatable bonds is 7. The monoisotopic (exact) mass is 455 g/mol. The summed E-state index contributed by atoms with van der Waals surface area (Å²) in [5.41, 5.74) is 2.28. The van der Waals surface area contributed by atoms with Crippen LogP contribution in [0.15, 0.2) is 71.1 Å². The zero-order valence-corrected chi connectivity index (χ0v) is 18.9. The standard InChI is InChI=1S/C25H26ClNO3S/c26-22-8-4-7-21(16-22)17-31(29)18-23-9-10-24(30-23)25(28)27-13-11-20(12-14-27)15-19-5-2-1-3-6-19/h1-10,16,20H,11-15,17-18H2/t31-/m1/s1. The Bertz CT molecular complexity index is 1040. The van der Waals surface area contributed by atoms with Gasteiger partial charge in [-0.25, -0.2) is 0 Å². The minimum Gasteiger partial charge on any atom is -0.455 e. The first-order valence-electron chi connectivity index (χ1n) is 10.6. The summed E-state index contributed by atoms with van der Waals surface area (Å²) >= 11 is 5.99. The first-order chi connectivity index (χ1) is 15.1. The molecule has 0 unspecified atom stereocenters. The lowest BCUT2D eigenvalue weighted by molar-refractivity contribution is 0.0657. The predicted octanol–water partition coefficient (Wildman–Crippen LogP) is 5.48. The molecule has 1 atom stereocenters. The molecular formula is C25H26ClNO3S. The van der Waals surface area contributed by atoms with Gasteiger partial charge in [0.25, 0.3) is 5.91 Å². The van der Waals surface area contributed by atoms with Crippen LogP contribution >= 0.6 is 11.6 Å². The summed E-state index contributed by atoms with van der Waals surface area (Å²) in [6.07, 6.45) is 3.06. The lowest BCUT2D eigenvalue weighted by Gasteiger charge is -2.31. The largest absolute Gasteiger partial charge is 0.455 e. The first-order valence-corrected chi connectivity index (χ1v) is 12.4. The van der Waals surface area contributed by atoms with Crippen LogP contribution in [0.25, 0.3) is 0 Å². The number of hydrogen-bond acceptors (Lipinski definition) is 3. The highest BCUT2D eigenvalue weighted by Crippen LogP contribution is 2.24. The van der Waals surface area contributed by atoms with Crippen molar-refractivity contribution in [1.82, 2.24) is 4.90 Å². The van der Waals surface area contributed by atoms with Crippen LogP contribution in [0, 0.1) is 5.92 Å². The molecule has 1 fully saturated rings. The molecule has 1 amide bonds. The predicted molar refractivity (Wildman–Crippen MR) is 124 cm³/mol. The summed E-state index contributed by atoms with van der Waals surface area (Å²) in [5, 5.41) is 0.632. The third kappa shape index (κ3) is 6.08.